The maximum atomic E-state index is 13.0. The number of rotatable bonds is 5. The van der Waals surface area contributed by atoms with E-state index in [1.807, 2.05) is 67.5 Å². The molecule has 0 amide bonds. The van der Waals surface area contributed by atoms with Crippen LogP contribution in [0.4, 0.5) is 13.2 Å². The molecule has 3 rings (SSSR count). The molecule has 0 aliphatic heterocycles. The Morgan fingerprint density at radius 1 is 1.06 bits per heavy atom. The Bertz CT molecular complexity index is 991. The Hall–Kier alpha value is -2.28. The first-order valence-corrected chi connectivity index (χ1v) is 13.2. The van der Waals surface area contributed by atoms with E-state index in [-0.39, 0.29) is 23.4 Å². The summed E-state index contributed by atoms with van der Waals surface area (Å²) in [6, 6.07) is 6.42. The van der Waals surface area contributed by atoms with E-state index in [0.29, 0.717) is 29.2 Å². The molecule has 3 nitrogen and oxygen atoms in total. The van der Waals surface area contributed by atoms with Crippen molar-refractivity contribution in [3.63, 3.8) is 0 Å². The third kappa shape index (κ3) is 8.13. The number of hydrogen-bond acceptors (Lipinski definition) is 4. The Morgan fingerprint density at radius 3 is 2.09 bits per heavy atom. The predicted octanol–water partition coefficient (Wildman–Crippen LogP) is 8.75. The highest BCUT2D eigenvalue weighted by atomic mass is 32.2. The summed E-state index contributed by atoms with van der Waals surface area (Å²) < 4.78 is 38.0. The van der Waals surface area contributed by atoms with Gasteiger partial charge in [-0.25, -0.2) is 4.98 Å². The highest BCUT2D eigenvalue weighted by molar-refractivity contribution is 7.99. The first-order valence-electron chi connectivity index (χ1n) is 12.2. The summed E-state index contributed by atoms with van der Waals surface area (Å²) in [6.07, 6.45) is -2.81. The maximum Gasteiger partial charge on any atom is 0.417 e. The molecule has 2 aromatic rings. The summed E-state index contributed by atoms with van der Waals surface area (Å²) in [4.78, 5) is 16.9. The van der Waals surface area contributed by atoms with E-state index in [2.05, 4.69) is 4.98 Å². The summed E-state index contributed by atoms with van der Waals surface area (Å²) in [5.41, 5.74) is 3.54. The number of hydrogen-bond donors (Lipinski definition) is 1. The summed E-state index contributed by atoms with van der Waals surface area (Å²) in [5, 5.41) is 11.3. The van der Waals surface area contributed by atoms with Crippen molar-refractivity contribution in [2.75, 3.05) is 5.75 Å². The van der Waals surface area contributed by atoms with Gasteiger partial charge in [0.05, 0.1) is 16.2 Å². The number of benzene rings is 1. The number of aliphatic hydroxyl groups is 1. The van der Waals surface area contributed by atoms with Gasteiger partial charge in [0, 0.05) is 24.8 Å². The zero-order chi connectivity index (χ0) is 26.9. The lowest BCUT2D eigenvalue weighted by atomic mass is 9.77. The van der Waals surface area contributed by atoms with Crippen LogP contribution in [0.1, 0.15) is 75.3 Å². The lowest BCUT2D eigenvalue weighted by molar-refractivity contribution is -0.137. The Morgan fingerprint density at radius 2 is 1.63 bits per heavy atom. The Kier molecular flexibility index (Phi) is 12.0. The Labute approximate surface area is 212 Å². The van der Waals surface area contributed by atoms with Crippen molar-refractivity contribution in [3.8, 4) is 0 Å². The summed E-state index contributed by atoms with van der Waals surface area (Å²) in [7, 11) is 0. The van der Waals surface area contributed by atoms with Crippen LogP contribution in [0.15, 0.2) is 41.2 Å². The lowest BCUT2D eigenvalue weighted by Gasteiger charge is -2.29. The van der Waals surface area contributed by atoms with Crippen LogP contribution in [-0.4, -0.2) is 21.6 Å². The molecule has 0 saturated carbocycles. The van der Waals surface area contributed by atoms with Gasteiger partial charge >= 0.3 is 6.18 Å². The highest BCUT2D eigenvalue weighted by Crippen LogP contribution is 2.39. The standard InChI is InChI=1S/C24H26F3NO2S.2C2H6/c1-13-7-14(2)22(15(3)8-13)23-19(29)9-17(10-20(23)30)16(4)12-31-21-6-5-18(11-28-21)24(25,26)27;2*1-2/h5-8,11,16-17,29H,9-10,12H2,1-4H3;2*1-2H3. The number of pyridine rings is 1. The summed E-state index contributed by atoms with van der Waals surface area (Å²) in [6.45, 7) is 15.9. The third-order valence-corrected chi connectivity index (χ3v) is 6.99. The fraction of sp³-hybridized carbons (Fsp3) is 0.500. The van der Waals surface area contributed by atoms with Crippen molar-refractivity contribution in [2.45, 2.75) is 79.4 Å². The zero-order valence-electron chi connectivity index (χ0n) is 22.0. The molecule has 0 bridgehead atoms. The number of thioether (sulfide) groups is 1. The molecule has 1 aromatic heterocycles. The molecular weight excluding hydrogens is 471 g/mol. The predicted molar refractivity (Wildman–Crippen MR) is 140 cm³/mol. The number of aromatic nitrogens is 1. The molecule has 2 atom stereocenters. The molecule has 2 unspecified atom stereocenters. The van der Waals surface area contributed by atoms with Crippen LogP contribution in [0.5, 0.6) is 0 Å². The molecule has 7 heteroatoms. The van der Waals surface area contributed by atoms with Gasteiger partial charge in [-0.2, -0.15) is 13.2 Å². The second-order valence-corrected chi connectivity index (χ2v) is 9.40. The van der Waals surface area contributed by atoms with Crippen LogP contribution in [0.25, 0.3) is 5.57 Å². The van der Waals surface area contributed by atoms with Crippen molar-refractivity contribution in [2.24, 2.45) is 11.8 Å². The van der Waals surface area contributed by atoms with Gasteiger partial charge in [0.15, 0.2) is 5.78 Å². The quantitative estimate of drug-likeness (QED) is 0.409. The van der Waals surface area contributed by atoms with Crippen molar-refractivity contribution >= 4 is 23.1 Å². The molecule has 1 heterocycles. The largest absolute Gasteiger partial charge is 0.512 e. The van der Waals surface area contributed by atoms with E-state index in [1.54, 1.807) is 0 Å². The number of alkyl halides is 3. The second kappa shape index (κ2) is 13.7. The number of ketones is 1. The molecule has 0 saturated heterocycles. The van der Waals surface area contributed by atoms with Gasteiger partial charge in [0.25, 0.3) is 0 Å². The molecule has 1 aliphatic rings. The molecule has 1 aromatic carbocycles. The van der Waals surface area contributed by atoms with Gasteiger partial charge in [-0.3, -0.25) is 4.79 Å². The van der Waals surface area contributed by atoms with E-state index in [0.717, 1.165) is 34.5 Å². The fourth-order valence-electron chi connectivity index (χ4n) is 4.17. The number of carbonyl (C=O) groups excluding carboxylic acids is 1. The van der Waals surface area contributed by atoms with Crippen molar-refractivity contribution < 1.29 is 23.1 Å². The highest BCUT2D eigenvalue weighted by Gasteiger charge is 2.33. The van der Waals surface area contributed by atoms with E-state index >= 15 is 0 Å². The number of carbonyl (C=O) groups is 1. The minimum absolute atomic E-state index is 0.0238. The maximum absolute atomic E-state index is 13.0. The average molecular weight is 510 g/mol. The molecule has 1 N–H and O–H groups in total. The Balaban J connectivity index is 0.00000145. The minimum atomic E-state index is -4.40. The first-order chi connectivity index (χ1) is 16.5. The van der Waals surface area contributed by atoms with E-state index in [1.165, 1.54) is 17.8 Å². The van der Waals surface area contributed by atoms with Crippen molar-refractivity contribution in [1.82, 2.24) is 4.98 Å². The number of aryl methyl sites for hydroxylation is 3. The minimum Gasteiger partial charge on any atom is -0.512 e. The molecule has 35 heavy (non-hydrogen) atoms. The number of nitrogens with zero attached hydrogens (tertiary/aromatic N) is 1. The van der Waals surface area contributed by atoms with Gasteiger partial charge in [0.1, 0.15) is 5.76 Å². The molecule has 194 valence electrons. The van der Waals surface area contributed by atoms with Crippen LogP contribution in [0.2, 0.25) is 0 Å². The van der Waals surface area contributed by atoms with E-state index in [4.69, 9.17) is 0 Å². The van der Waals surface area contributed by atoms with Crippen LogP contribution >= 0.6 is 11.8 Å². The van der Waals surface area contributed by atoms with Crippen LogP contribution in [0.3, 0.4) is 0 Å². The second-order valence-electron chi connectivity index (χ2n) is 8.36. The number of allylic oxidation sites excluding steroid dienone is 2. The zero-order valence-corrected chi connectivity index (χ0v) is 22.8. The monoisotopic (exact) mass is 509 g/mol. The van der Waals surface area contributed by atoms with Gasteiger partial charge in [-0.15, -0.1) is 11.8 Å². The third-order valence-electron chi connectivity index (χ3n) is 5.76. The summed E-state index contributed by atoms with van der Waals surface area (Å²) >= 11 is 1.36. The van der Waals surface area contributed by atoms with E-state index in [9.17, 15) is 23.1 Å². The number of Topliss-reactive ketones (excluding diaryl/α,β-unsaturated/α-hetero) is 1. The smallest absolute Gasteiger partial charge is 0.417 e. The average Bonchev–Trinajstić information content (AvgIpc) is 2.80. The number of halogens is 3. The fourth-order valence-corrected chi connectivity index (χ4v) is 5.17. The molecule has 0 radical (unpaired) electrons. The molecular formula is C28H38F3NO2S. The summed E-state index contributed by atoms with van der Waals surface area (Å²) in [5.74, 6) is 0.724. The lowest BCUT2D eigenvalue weighted by Crippen LogP contribution is -2.25. The first kappa shape index (κ1) is 30.8. The SMILES string of the molecule is CC.CC.Cc1cc(C)c(C2=C(O)CC(C(C)CSc3ccc(C(F)(F)F)cn3)CC2=O)c(C)c1. The van der Waals surface area contributed by atoms with Gasteiger partial charge in [0.2, 0.25) is 0 Å². The van der Waals surface area contributed by atoms with E-state index < -0.39 is 11.7 Å². The number of aliphatic hydroxyl groups excluding tert-OH is 1. The van der Waals surface area contributed by atoms with Crippen LogP contribution in [0, 0.1) is 32.6 Å². The normalized spacial score (nSPS) is 16.7. The van der Waals surface area contributed by atoms with Crippen molar-refractivity contribution in [1.29, 1.82) is 0 Å². The molecule has 0 fully saturated rings. The molecule has 0 spiro atoms. The van der Waals surface area contributed by atoms with Gasteiger partial charge in [-0.1, -0.05) is 52.3 Å². The van der Waals surface area contributed by atoms with Crippen LogP contribution in [-0.2, 0) is 11.0 Å². The van der Waals surface area contributed by atoms with Gasteiger partial charge < -0.3 is 5.11 Å². The van der Waals surface area contributed by atoms with Crippen molar-refractivity contribution in [3.05, 3.63) is 64.0 Å². The van der Waals surface area contributed by atoms with Crippen LogP contribution < -0.4 is 0 Å². The van der Waals surface area contributed by atoms with Gasteiger partial charge in [-0.05, 0) is 61.4 Å². The topological polar surface area (TPSA) is 50.2 Å². The molecule has 1 aliphatic carbocycles.